The molecule has 5 nitrogen and oxygen atoms in total. The van der Waals surface area contributed by atoms with Gasteiger partial charge < -0.3 is 4.90 Å². The molecular weight excluding hydrogens is 362 g/mol. The van der Waals surface area contributed by atoms with Crippen LogP contribution in [0.3, 0.4) is 0 Å². The molecule has 0 unspecified atom stereocenters. The maximum atomic E-state index is 13.1. The molecule has 1 fully saturated rings. The first-order chi connectivity index (χ1) is 14.0. The summed E-state index contributed by atoms with van der Waals surface area (Å²) < 4.78 is 1.88. The van der Waals surface area contributed by atoms with Crippen LogP contribution in [-0.2, 0) is 11.3 Å². The van der Waals surface area contributed by atoms with E-state index < -0.39 is 0 Å². The van der Waals surface area contributed by atoms with Crippen LogP contribution < -0.4 is 0 Å². The number of likely N-dealkylation sites (tertiary alicyclic amines) is 1. The van der Waals surface area contributed by atoms with E-state index in [1.165, 1.54) is 0 Å². The van der Waals surface area contributed by atoms with Gasteiger partial charge in [0, 0.05) is 43.2 Å². The van der Waals surface area contributed by atoms with Crippen molar-refractivity contribution in [3.05, 3.63) is 65.5 Å². The quantitative estimate of drug-likeness (QED) is 0.616. The van der Waals surface area contributed by atoms with Crippen LogP contribution in [0.1, 0.15) is 41.0 Å². The molecule has 29 heavy (non-hydrogen) atoms. The molecule has 0 N–H and O–H groups in total. The van der Waals surface area contributed by atoms with E-state index in [-0.39, 0.29) is 17.6 Å². The van der Waals surface area contributed by atoms with Crippen LogP contribution in [0.25, 0.3) is 10.8 Å². The van der Waals surface area contributed by atoms with Crippen molar-refractivity contribution < 1.29 is 9.59 Å². The van der Waals surface area contributed by atoms with Crippen LogP contribution in [0, 0.1) is 19.8 Å². The number of carbonyl (C=O) groups is 2. The Balaban J connectivity index is 1.40. The molecule has 0 saturated carbocycles. The third kappa shape index (κ3) is 4.24. The number of hydrogen-bond donors (Lipinski definition) is 0. The third-order valence-electron chi connectivity index (χ3n) is 5.82. The fourth-order valence-corrected chi connectivity index (χ4v) is 4.26. The standard InChI is InChI=1S/C24H27N3O2/c1-17-14-18(2)27(25-17)13-11-23(28)26-12-5-8-22(16-26)24(29)21-10-9-19-6-3-4-7-20(19)15-21/h3-4,6-7,9-10,14-15,22H,5,8,11-13,16H2,1-2H3/t22-/m0/s1. The second kappa shape index (κ2) is 8.19. The summed E-state index contributed by atoms with van der Waals surface area (Å²) in [5.74, 6) is 0.128. The van der Waals surface area contributed by atoms with Crippen LogP contribution in [0.4, 0.5) is 0 Å². The Morgan fingerprint density at radius 3 is 2.62 bits per heavy atom. The number of carbonyl (C=O) groups excluding carboxylic acids is 2. The van der Waals surface area contributed by atoms with E-state index in [2.05, 4.69) is 5.10 Å². The second-order valence-corrected chi connectivity index (χ2v) is 8.01. The van der Waals surface area contributed by atoms with Gasteiger partial charge in [-0.2, -0.15) is 5.10 Å². The molecular formula is C24H27N3O2. The molecule has 1 amide bonds. The maximum Gasteiger partial charge on any atom is 0.224 e. The average molecular weight is 389 g/mol. The lowest BCUT2D eigenvalue weighted by atomic mass is 9.89. The van der Waals surface area contributed by atoms with Gasteiger partial charge in [-0.25, -0.2) is 0 Å². The first-order valence-electron chi connectivity index (χ1n) is 10.3. The number of fused-ring (bicyclic) bond motifs is 1. The molecule has 1 aliphatic rings. The summed E-state index contributed by atoms with van der Waals surface area (Å²) in [5.41, 5.74) is 2.78. The molecule has 0 spiro atoms. The Labute approximate surface area is 171 Å². The third-order valence-corrected chi connectivity index (χ3v) is 5.82. The van der Waals surface area contributed by atoms with Gasteiger partial charge in [-0.3, -0.25) is 14.3 Å². The van der Waals surface area contributed by atoms with Crippen molar-refractivity contribution in [2.75, 3.05) is 13.1 Å². The summed E-state index contributed by atoms with van der Waals surface area (Å²) in [4.78, 5) is 27.7. The topological polar surface area (TPSA) is 55.2 Å². The summed E-state index contributed by atoms with van der Waals surface area (Å²) in [7, 11) is 0. The van der Waals surface area contributed by atoms with Crippen LogP contribution in [-0.4, -0.2) is 39.5 Å². The highest BCUT2D eigenvalue weighted by Gasteiger charge is 2.29. The Hall–Kier alpha value is -2.95. The molecule has 5 heteroatoms. The minimum atomic E-state index is -0.123. The predicted octanol–water partition coefficient (Wildman–Crippen LogP) is 4.16. The molecule has 2 heterocycles. The molecule has 0 radical (unpaired) electrons. The van der Waals surface area contributed by atoms with Crippen LogP contribution in [0.5, 0.6) is 0 Å². The van der Waals surface area contributed by atoms with Crippen LogP contribution in [0.15, 0.2) is 48.5 Å². The van der Waals surface area contributed by atoms with Crippen molar-refractivity contribution in [1.29, 1.82) is 0 Å². The molecule has 3 aromatic rings. The highest BCUT2D eigenvalue weighted by Crippen LogP contribution is 2.24. The minimum absolute atomic E-state index is 0.105. The van der Waals surface area contributed by atoms with Crippen molar-refractivity contribution in [1.82, 2.24) is 14.7 Å². The Morgan fingerprint density at radius 2 is 1.86 bits per heavy atom. The lowest BCUT2D eigenvalue weighted by molar-refractivity contribution is -0.132. The van der Waals surface area contributed by atoms with Gasteiger partial charge in [-0.05, 0) is 49.6 Å². The van der Waals surface area contributed by atoms with Gasteiger partial charge in [0.1, 0.15) is 0 Å². The predicted molar refractivity (Wildman–Crippen MR) is 114 cm³/mol. The van der Waals surface area contributed by atoms with E-state index in [9.17, 15) is 9.59 Å². The highest BCUT2D eigenvalue weighted by molar-refractivity contribution is 6.01. The normalized spacial score (nSPS) is 16.9. The van der Waals surface area contributed by atoms with Gasteiger partial charge in [0.2, 0.25) is 5.91 Å². The Morgan fingerprint density at radius 1 is 1.07 bits per heavy atom. The van der Waals surface area contributed by atoms with Gasteiger partial charge in [0.15, 0.2) is 5.78 Å². The van der Waals surface area contributed by atoms with E-state index >= 15 is 0 Å². The molecule has 1 saturated heterocycles. The van der Waals surface area contributed by atoms with E-state index in [1.807, 2.05) is 72.0 Å². The summed E-state index contributed by atoms with van der Waals surface area (Å²) in [6.07, 6.45) is 2.13. The van der Waals surface area contributed by atoms with Crippen LogP contribution >= 0.6 is 0 Å². The van der Waals surface area contributed by atoms with Crippen molar-refractivity contribution in [3.8, 4) is 0 Å². The Bertz CT molecular complexity index is 1050. The summed E-state index contributed by atoms with van der Waals surface area (Å²) >= 11 is 0. The summed E-state index contributed by atoms with van der Waals surface area (Å²) in [5, 5.41) is 6.64. The molecule has 4 rings (SSSR count). The zero-order valence-electron chi connectivity index (χ0n) is 17.1. The number of aryl methyl sites for hydroxylation is 3. The van der Waals surface area contributed by atoms with Gasteiger partial charge in [0.25, 0.3) is 0 Å². The zero-order chi connectivity index (χ0) is 20.4. The van der Waals surface area contributed by atoms with E-state index in [4.69, 9.17) is 0 Å². The fourth-order valence-electron chi connectivity index (χ4n) is 4.26. The lowest BCUT2D eigenvalue weighted by Gasteiger charge is -2.32. The SMILES string of the molecule is Cc1cc(C)n(CCC(=O)N2CCC[C@H](C(=O)c3ccc4ccccc4c3)C2)n1. The largest absolute Gasteiger partial charge is 0.342 e. The number of amides is 1. The van der Waals surface area contributed by atoms with Crippen molar-refractivity contribution in [2.24, 2.45) is 5.92 Å². The maximum absolute atomic E-state index is 13.1. The Kier molecular flexibility index (Phi) is 5.47. The number of rotatable bonds is 5. The lowest BCUT2D eigenvalue weighted by Crippen LogP contribution is -2.42. The number of piperidine rings is 1. The number of aromatic nitrogens is 2. The van der Waals surface area contributed by atoms with Crippen LogP contribution in [0.2, 0.25) is 0 Å². The van der Waals surface area contributed by atoms with Crippen molar-refractivity contribution in [3.63, 3.8) is 0 Å². The summed E-state index contributed by atoms with van der Waals surface area (Å²) in [6.45, 7) is 5.79. The van der Waals surface area contributed by atoms with E-state index in [0.29, 0.717) is 19.5 Å². The number of ketones is 1. The van der Waals surface area contributed by atoms with E-state index in [0.717, 1.165) is 47.1 Å². The molecule has 1 aliphatic heterocycles. The monoisotopic (exact) mass is 389 g/mol. The van der Waals surface area contributed by atoms with Gasteiger partial charge in [-0.15, -0.1) is 0 Å². The van der Waals surface area contributed by atoms with E-state index in [1.54, 1.807) is 0 Å². The van der Waals surface area contributed by atoms with Gasteiger partial charge in [0.05, 0.1) is 5.69 Å². The zero-order valence-corrected chi connectivity index (χ0v) is 17.1. The molecule has 150 valence electrons. The van der Waals surface area contributed by atoms with Gasteiger partial charge in [-0.1, -0.05) is 36.4 Å². The van der Waals surface area contributed by atoms with Crippen molar-refractivity contribution >= 4 is 22.5 Å². The number of benzene rings is 2. The van der Waals surface area contributed by atoms with Crippen molar-refractivity contribution in [2.45, 2.75) is 39.7 Å². The highest BCUT2D eigenvalue weighted by atomic mass is 16.2. The summed E-state index contributed by atoms with van der Waals surface area (Å²) in [6, 6.07) is 16.0. The molecule has 1 atom stereocenters. The first kappa shape index (κ1) is 19.4. The van der Waals surface area contributed by atoms with Gasteiger partial charge >= 0.3 is 0 Å². The molecule has 1 aromatic heterocycles. The molecule has 0 aliphatic carbocycles. The first-order valence-corrected chi connectivity index (χ1v) is 10.3. The molecule has 0 bridgehead atoms. The number of hydrogen-bond acceptors (Lipinski definition) is 3. The fraction of sp³-hybridized carbons (Fsp3) is 0.375. The number of Topliss-reactive ketones (excluding diaryl/α,β-unsaturated/α-hetero) is 1. The minimum Gasteiger partial charge on any atom is -0.342 e. The second-order valence-electron chi connectivity index (χ2n) is 8.01. The smallest absolute Gasteiger partial charge is 0.224 e. The molecule has 2 aromatic carbocycles. The average Bonchev–Trinajstić information content (AvgIpc) is 3.08. The number of nitrogens with zero attached hydrogens (tertiary/aromatic N) is 3.